The van der Waals surface area contributed by atoms with Gasteiger partial charge in [0.05, 0.1) is 0 Å². The van der Waals surface area contributed by atoms with E-state index >= 15 is 0 Å². The summed E-state index contributed by atoms with van der Waals surface area (Å²) in [5, 5.41) is 2.82. The molecule has 0 aliphatic rings. The number of fused-ring (bicyclic) bond motifs is 1. The predicted octanol–water partition coefficient (Wildman–Crippen LogP) is 4.02. The van der Waals surface area contributed by atoms with E-state index in [2.05, 4.69) is 51.1 Å². The van der Waals surface area contributed by atoms with Gasteiger partial charge in [-0.25, -0.2) is 0 Å². The molecule has 0 unspecified atom stereocenters. The highest BCUT2D eigenvalue weighted by Gasteiger charge is 2.03. The molecule has 2 aromatic rings. The Morgan fingerprint density at radius 3 is 2.50 bits per heavy atom. The van der Waals surface area contributed by atoms with Crippen molar-refractivity contribution >= 4 is 10.8 Å². The minimum Gasteiger partial charge on any atom is -0.0614 e. The van der Waals surface area contributed by atoms with E-state index in [1.807, 2.05) is 0 Å². The van der Waals surface area contributed by atoms with Crippen molar-refractivity contribution in [2.75, 3.05) is 0 Å². The Morgan fingerprint density at radius 1 is 1.00 bits per heavy atom. The maximum absolute atomic E-state index is 2.23. The summed E-state index contributed by atoms with van der Waals surface area (Å²) in [6.45, 7) is 6.62. The molecular formula is C14H16. The van der Waals surface area contributed by atoms with E-state index in [0.717, 1.165) is 6.42 Å². The lowest BCUT2D eigenvalue weighted by molar-refractivity contribution is 1.15. The Kier molecular flexibility index (Phi) is 2.28. The fourth-order valence-corrected chi connectivity index (χ4v) is 2.05. The average molecular weight is 184 g/mol. The first-order valence-corrected chi connectivity index (χ1v) is 5.22. The van der Waals surface area contributed by atoms with Crippen molar-refractivity contribution in [2.45, 2.75) is 27.2 Å². The molecule has 0 saturated carbocycles. The van der Waals surface area contributed by atoms with E-state index in [1.54, 1.807) is 0 Å². The summed E-state index contributed by atoms with van der Waals surface area (Å²) in [5.41, 5.74) is 4.28. The lowest BCUT2D eigenvalue weighted by Crippen LogP contribution is -1.89. The Morgan fingerprint density at radius 2 is 1.79 bits per heavy atom. The first kappa shape index (κ1) is 9.26. The van der Waals surface area contributed by atoms with Crippen molar-refractivity contribution in [1.29, 1.82) is 0 Å². The minimum absolute atomic E-state index is 1.11. The molecule has 72 valence electrons. The van der Waals surface area contributed by atoms with Crippen LogP contribution in [-0.4, -0.2) is 0 Å². The summed E-state index contributed by atoms with van der Waals surface area (Å²) in [6.07, 6.45) is 1.11. The number of benzene rings is 2. The van der Waals surface area contributed by atoms with E-state index in [-0.39, 0.29) is 0 Å². The van der Waals surface area contributed by atoms with Crippen molar-refractivity contribution in [2.24, 2.45) is 0 Å². The van der Waals surface area contributed by atoms with Crippen LogP contribution in [0.1, 0.15) is 23.6 Å². The van der Waals surface area contributed by atoms with Crippen LogP contribution in [-0.2, 0) is 6.42 Å². The highest BCUT2D eigenvalue weighted by Crippen LogP contribution is 2.25. The second-order valence-corrected chi connectivity index (χ2v) is 3.88. The molecule has 0 spiro atoms. The second kappa shape index (κ2) is 3.45. The maximum Gasteiger partial charge on any atom is -0.0120 e. The predicted molar refractivity (Wildman–Crippen MR) is 62.8 cm³/mol. The highest BCUT2D eigenvalue weighted by atomic mass is 14.1. The van der Waals surface area contributed by atoms with Crippen molar-refractivity contribution in [3.63, 3.8) is 0 Å². The van der Waals surface area contributed by atoms with Crippen LogP contribution in [0.2, 0.25) is 0 Å². The molecule has 0 fully saturated rings. The van der Waals surface area contributed by atoms with E-state index in [1.165, 1.54) is 27.5 Å². The minimum atomic E-state index is 1.11. The zero-order valence-corrected chi connectivity index (χ0v) is 9.09. The zero-order chi connectivity index (χ0) is 10.1. The summed E-state index contributed by atoms with van der Waals surface area (Å²) in [6, 6.07) is 11.0. The number of hydrogen-bond acceptors (Lipinski definition) is 0. The highest BCUT2D eigenvalue weighted by molar-refractivity contribution is 5.89. The quantitative estimate of drug-likeness (QED) is 0.628. The largest absolute Gasteiger partial charge is 0.0614 e. The monoisotopic (exact) mass is 184 g/mol. The van der Waals surface area contributed by atoms with Gasteiger partial charge < -0.3 is 0 Å². The summed E-state index contributed by atoms with van der Waals surface area (Å²) >= 11 is 0. The smallest absolute Gasteiger partial charge is 0.0120 e. The maximum atomic E-state index is 2.23. The summed E-state index contributed by atoms with van der Waals surface area (Å²) in [5.74, 6) is 0. The molecule has 2 rings (SSSR count). The van der Waals surface area contributed by atoms with Gasteiger partial charge in [0.15, 0.2) is 0 Å². The third-order valence-corrected chi connectivity index (χ3v) is 3.04. The van der Waals surface area contributed by atoms with Crippen LogP contribution >= 0.6 is 0 Å². The van der Waals surface area contributed by atoms with Crippen LogP contribution in [0.15, 0.2) is 30.3 Å². The SMILES string of the molecule is CCc1cccc2ccc(C)c(C)c12. The molecule has 14 heavy (non-hydrogen) atoms. The van der Waals surface area contributed by atoms with Crippen molar-refractivity contribution in [3.05, 3.63) is 47.0 Å². The molecule has 0 atom stereocenters. The van der Waals surface area contributed by atoms with Crippen LogP contribution in [0, 0.1) is 13.8 Å². The first-order chi connectivity index (χ1) is 6.74. The summed E-state index contributed by atoms with van der Waals surface area (Å²) < 4.78 is 0. The average Bonchev–Trinajstić information content (AvgIpc) is 2.23. The van der Waals surface area contributed by atoms with Gasteiger partial charge in [0.1, 0.15) is 0 Å². The van der Waals surface area contributed by atoms with Gasteiger partial charge in [-0.1, -0.05) is 37.3 Å². The molecule has 0 radical (unpaired) electrons. The molecule has 0 aromatic heterocycles. The van der Waals surface area contributed by atoms with Crippen LogP contribution < -0.4 is 0 Å². The van der Waals surface area contributed by atoms with E-state index in [9.17, 15) is 0 Å². The molecule has 0 heterocycles. The molecule has 2 aromatic carbocycles. The normalized spacial score (nSPS) is 10.8. The van der Waals surface area contributed by atoms with Gasteiger partial charge >= 0.3 is 0 Å². The van der Waals surface area contributed by atoms with Gasteiger partial charge in [0.25, 0.3) is 0 Å². The number of aryl methyl sites for hydroxylation is 3. The third-order valence-electron chi connectivity index (χ3n) is 3.04. The van der Waals surface area contributed by atoms with Crippen LogP contribution in [0.5, 0.6) is 0 Å². The zero-order valence-electron chi connectivity index (χ0n) is 9.09. The standard InChI is InChI=1S/C14H16/c1-4-12-6-5-7-13-9-8-10(2)11(3)14(12)13/h5-9H,4H2,1-3H3. The second-order valence-electron chi connectivity index (χ2n) is 3.88. The van der Waals surface area contributed by atoms with E-state index in [4.69, 9.17) is 0 Å². The molecule has 0 aliphatic carbocycles. The lowest BCUT2D eigenvalue weighted by Gasteiger charge is -2.09. The van der Waals surface area contributed by atoms with Gasteiger partial charge in [-0.05, 0) is 47.7 Å². The molecule has 0 saturated heterocycles. The molecule has 0 N–H and O–H groups in total. The van der Waals surface area contributed by atoms with Crippen molar-refractivity contribution < 1.29 is 0 Å². The number of hydrogen-bond donors (Lipinski definition) is 0. The van der Waals surface area contributed by atoms with E-state index in [0.29, 0.717) is 0 Å². The fraction of sp³-hybridized carbons (Fsp3) is 0.286. The summed E-state index contributed by atoms with van der Waals surface area (Å²) in [4.78, 5) is 0. The van der Waals surface area contributed by atoms with Crippen LogP contribution in [0.3, 0.4) is 0 Å². The third kappa shape index (κ3) is 1.31. The molecule has 0 amide bonds. The van der Waals surface area contributed by atoms with Crippen molar-refractivity contribution in [1.82, 2.24) is 0 Å². The molecule has 0 nitrogen and oxygen atoms in total. The Balaban J connectivity index is 2.89. The van der Waals surface area contributed by atoms with Gasteiger partial charge in [-0.2, -0.15) is 0 Å². The fourth-order valence-electron chi connectivity index (χ4n) is 2.05. The van der Waals surface area contributed by atoms with Gasteiger partial charge in [-0.15, -0.1) is 0 Å². The number of rotatable bonds is 1. The Hall–Kier alpha value is -1.30. The van der Waals surface area contributed by atoms with Gasteiger partial charge in [-0.3, -0.25) is 0 Å². The Bertz CT molecular complexity index is 467. The lowest BCUT2D eigenvalue weighted by atomic mass is 9.95. The summed E-state index contributed by atoms with van der Waals surface area (Å²) in [7, 11) is 0. The van der Waals surface area contributed by atoms with E-state index < -0.39 is 0 Å². The van der Waals surface area contributed by atoms with Crippen LogP contribution in [0.4, 0.5) is 0 Å². The van der Waals surface area contributed by atoms with Gasteiger partial charge in [0, 0.05) is 0 Å². The Labute approximate surface area is 85.6 Å². The topological polar surface area (TPSA) is 0 Å². The molecule has 0 aliphatic heterocycles. The van der Waals surface area contributed by atoms with Crippen LogP contribution in [0.25, 0.3) is 10.8 Å². The molecule has 0 heteroatoms. The molecule has 0 bridgehead atoms. The van der Waals surface area contributed by atoms with Gasteiger partial charge in [0.2, 0.25) is 0 Å². The molecular weight excluding hydrogens is 168 g/mol. The first-order valence-electron chi connectivity index (χ1n) is 5.22. The van der Waals surface area contributed by atoms with Crippen molar-refractivity contribution in [3.8, 4) is 0 Å².